The molecule has 1 aliphatic heterocycles. The second-order valence-corrected chi connectivity index (χ2v) is 6.30. The molecule has 1 aromatic carbocycles. The number of carbonyl (C=O) groups excluding carboxylic acids is 2. The first-order chi connectivity index (χ1) is 13.9. The van der Waals surface area contributed by atoms with Crippen LogP contribution in [0.2, 0.25) is 0 Å². The predicted octanol–water partition coefficient (Wildman–Crippen LogP) is 0.812. The molecule has 1 amide bonds. The molecule has 3 rings (SSSR count). The van der Waals surface area contributed by atoms with Gasteiger partial charge in [-0.05, 0) is 18.2 Å². The summed E-state index contributed by atoms with van der Waals surface area (Å²) in [5.41, 5.74) is 1.03. The van der Waals surface area contributed by atoms with Crippen LogP contribution in [0, 0.1) is 5.82 Å². The molecule has 0 bridgehead atoms. The molecule has 2 heterocycles. The molecule has 29 heavy (non-hydrogen) atoms. The summed E-state index contributed by atoms with van der Waals surface area (Å²) < 4.78 is 26.0. The number of aryl methyl sites for hydroxylation is 1. The summed E-state index contributed by atoms with van der Waals surface area (Å²) in [5, 5.41) is 16.0. The van der Waals surface area contributed by atoms with Gasteiger partial charge in [-0.15, -0.1) is 0 Å². The second kappa shape index (κ2) is 8.74. The van der Waals surface area contributed by atoms with Crippen molar-refractivity contribution in [3.63, 3.8) is 0 Å². The van der Waals surface area contributed by atoms with E-state index < -0.39 is 17.7 Å². The number of halogens is 1. The fourth-order valence-corrected chi connectivity index (χ4v) is 2.90. The van der Waals surface area contributed by atoms with Gasteiger partial charge in [-0.3, -0.25) is 9.48 Å². The zero-order valence-electron chi connectivity index (χ0n) is 16.0. The number of carbonyl (C=O) groups is 2. The molecule has 0 saturated heterocycles. The van der Waals surface area contributed by atoms with E-state index in [9.17, 15) is 14.0 Å². The SMILES string of the molecule is COC(=O)C1=C(Nc2cc(F)ccc2OCc2ccnn2C)C(=O)N(CCO)C1. The highest BCUT2D eigenvalue weighted by molar-refractivity contribution is 6.08. The molecule has 1 aromatic heterocycles. The lowest BCUT2D eigenvalue weighted by molar-refractivity contribution is -0.136. The molecule has 0 radical (unpaired) electrons. The van der Waals surface area contributed by atoms with Crippen molar-refractivity contribution in [1.29, 1.82) is 0 Å². The number of benzene rings is 1. The fraction of sp³-hybridized carbons (Fsp3) is 0.316. The molecular formula is C19H21FN4O5. The van der Waals surface area contributed by atoms with Crippen LogP contribution >= 0.6 is 0 Å². The Morgan fingerprint density at radius 2 is 2.17 bits per heavy atom. The number of nitrogens with zero attached hydrogens (tertiary/aromatic N) is 3. The highest BCUT2D eigenvalue weighted by Gasteiger charge is 2.34. The van der Waals surface area contributed by atoms with Crippen LogP contribution in [-0.2, 0) is 28.0 Å². The third kappa shape index (κ3) is 4.37. The zero-order chi connectivity index (χ0) is 21.0. The van der Waals surface area contributed by atoms with Crippen LogP contribution in [0.3, 0.4) is 0 Å². The standard InChI is InChI=1S/C19H21FN4O5/c1-23-13(5-6-21-23)11-29-16-4-3-12(20)9-15(16)22-17-14(19(27)28-2)10-24(7-8-25)18(17)26/h3-6,9,22,25H,7-8,10-11H2,1-2H3. The van der Waals surface area contributed by atoms with E-state index in [2.05, 4.69) is 10.4 Å². The van der Waals surface area contributed by atoms with Crippen molar-refractivity contribution in [1.82, 2.24) is 14.7 Å². The van der Waals surface area contributed by atoms with Gasteiger partial charge in [-0.1, -0.05) is 0 Å². The van der Waals surface area contributed by atoms with Crippen molar-refractivity contribution in [2.75, 3.05) is 32.1 Å². The lowest BCUT2D eigenvalue weighted by atomic mass is 10.2. The second-order valence-electron chi connectivity index (χ2n) is 6.30. The number of rotatable bonds is 8. The molecular weight excluding hydrogens is 383 g/mol. The van der Waals surface area contributed by atoms with Crippen LogP contribution in [0.25, 0.3) is 0 Å². The van der Waals surface area contributed by atoms with Gasteiger partial charge in [-0.2, -0.15) is 5.10 Å². The number of amides is 1. The predicted molar refractivity (Wildman–Crippen MR) is 100 cm³/mol. The summed E-state index contributed by atoms with van der Waals surface area (Å²) in [6.07, 6.45) is 1.63. The van der Waals surface area contributed by atoms with E-state index in [4.69, 9.17) is 14.6 Å². The van der Waals surface area contributed by atoms with Crippen LogP contribution in [0.5, 0.6) is 5.75 Å². The lowest BCUT2D eigenvalue weighted by Crippen LogP contribution is -2.31. The molecule has 0 fully saturated rings. The van der Waals surface area contributed by atoms with E-state index >= 15 is 0 Å². The van der Waals surface area contributed by atoms with Crippen LogP contribution in [-0.4, -0.2) is 58.5 Å². The number of aliphatic hydroxyl groups excluding tert-OH is 1. The van der Waals surface area contributed by atoms with Gasteiger partial charge in [0, 0.05) is 25.9 Å². The highest BCUT2D eigenvalue weighted by Crippen LogP contribution is 2.30. The summed E-state index contributed by atoms with van der Waals surface area (Å²) in [4.78, 5) is 26.1. The first kappa shape index (κ1) is 20.3. The molecule has 2 aromatic rings. The molecule has 10 heteroatoms. The minimum atomic E-state index is -0.685. The number of anilines is 1. The number of esters is 1. The van der Waals surface area contributed by atoms with Gasteiger partial charge in [-0.25, -0.2) is 9.18 Å². The maximum Gasteiger partial charge on any atom is 0.337 e. The maximum absolute atomic E-state index is 13.9. The molecule has 154 valence electrons. The van der Waals surface area contributed by atoms with Crippen molar-refractivity contribution in [2.45, 2.75) is 6.61 Å². The topological polar surface area (TPSA) is 106 Å². The Hall–Kier alpha value is -3.40. The summed E-state index contributed by atoms with van der Waals surface area (Å²) in [6, 6.07) is 5.61. The van der Waals surface area contributed by atoms with Crippen molar-refractivity contribution < 1.29 is 28.6 Å². The smallest absolute Gasteiger partial charge is 0.337 e. The van der Waals surface area contributed by atoms with Crippen molar-refractivity contribution in [2.24, 2.45) is 7.05 Å². The summed E-state index contributed by atoms with van der Waals surface area (Å²) in [7, 11) is 2.97. The van der Waals surface area contributed by atoms with Gasteiger partial charge in [0.2, 0.25) is 0 Å². The largest absolute Gasteiger partial charge is 0.485 e. The Kier molecular flexibility index (Phi) is 6.13. The van der Waals surface area contributed by atoms with Crippen molar-refractivity contribution in [3.8, 4) is 5.75 Å². The quantitative estimate of drug-likeness (QED) is 0.627. The van der Waals surface area contributed by atoms with Gasteiger partial charge >= 0.3 is 5.97 Å². The molecule has 0 unspecified atom stereocenters. The molecule has 2 N–H and O–H groups in total. The normalized spacial score (nSPS) is 13.8. The minimum absolute atomic E-state index is 0.0189. The fourth-order valence-electron chi connectivity index (χ4n) is 2.90. The number of hydrogen-bond donors (Lipinski definition) is 2. The van der Waals surface area contributed by atoms with E-state index in [1.54, 1.807) is 24.0 Å². The van der Waals surface area contributed by atoms with E-state index in [1.165, 1.54) is 30.2 Å². The van der Waals surface area contributed by atoms with Gasteiger partial charge in [0.05, 0.1) is 37.2 Å². The van der Waals surface area contributed by atoms with E-state index in [-0.39, 0.29) is 49.0 Å². The van der Waals surface area contributed by atoms with Crippen LogP contribution in [0.15, 0.2) is 41.7 Å². The Morgan fingerprint density at radius 3 is 2.83 bits per heavy atom. The van der Waals surface area contributed by atoms with Gasteiger partial charge in [0.25, 0.3) is 5.91 Å². The number of aliphatic hydroxyl groups is 1. The Bertz CT molecular complexity index is 956. The zero-order valence-corrected chi connectivity index (χ0v) is 16.0. The number of nitrogens with one attached hydrogen (secondary N) is 1. The molecule has 0 atom stereocenters. The number of hydrogen-bond acceptors (Lipinski definition) is 7. The first-order valence-corrected chi connectivity index (χ1v) is 8.82. The average molecular weight is 404 g/mol. The first-order valence-electron chi connectivity index (χ1n) is 8.82. The molecule has 0 saturated carbocycles. The number of β-amino-alcohol motifs (C(OH)–C–C–N with tert-alkyl or cyclic N) is 1. The summed E-state index contributed by atoms with van der Waals surface area (Å²) in [5.74, 6) is -1.44. The number of ether oxygens (including phenoxy) is 2. The van der Waals surface area contributed by atoms with Crippen LogP contribution in [0.1, 0.15) is 5.69 Å². The van der Waals surface area contributed by atoms with Gasteiger partial charge in [0.15, 0.2) is 0 Å². The van der Waals surface area contributed by atoms with Crippen molar-refractivity contribution in [3.05, 3.63) is 53.2 Å². The Morgan fingerprint density at radius 1 is 1.38 bits per heavy atom. The van der Waals surface area contributed by atoms with Crippen molar-refractivity contribution >= 4 is 17.6 Å². The summed E-state index contributed by atoms with van der Waals surface area (Å²) in [6.45, 7) is -0.0523. The van der Waals surface area contributed by atoms with E-state index in [0.717, 1.165) is 5.69 Å². The molecule has 0 aliphatic carbocycles. The van der Waals surface area contributed by atoms with E-state index in [0.29, 0.717) is 0 Å². The van der Waals surface area contributed by atoms with Crippen LogP contribution in [0.4, 0.5) is 10.1 Å². The third-order valence-corrected chi connectivity index (χ3v) is 4.45. The monoisotopic (exact) mass is 404 g/mol. The maximum atomic E-state index is 13.9. The number of aromatic nitrogens is 2. The Balaban J connectivity index is 1.88. The highest BCUT2D eigenvalue weighted by atomic mass is 19.1. The lowest BCUT2D eigenvalue weighted by Gasteiger charge is -2.16. The molecule has 1 aliphatic rings. The summed E-state index contributed by atoms with van der Waals surface area (Å²) >= 11 is 0. The molecule has 9 nitrogen and oxygen atoms in total. The number of methoxy groups -OCH3 is 1. The Labute approximate surface area is 166 Å². The van der Waals surface area contributed by atoms with E-state index in [1.807, 2.05) is 0 Å². The molecule has 0 spiro atoms. The third-order valence-electron chi connectivity index (χ3n) is 4.45. The average Bonchev–Trinajstić information content (AvgIpc) is 3.25. The van der Waals surface area contributed by atoms with Gasteiger partial charge < -0.3 is 24.8 Å². The van der Waals surface area contributed by atoms with Crippen LogP contribution < -0.4 is 10.1 Å². The minimum Gasteiger partial charge on any atom is -0.485 e. The van der Waals surface area contributed by atoms with Gasteiger partial charge in [0.1, 0.15) is 23.9 Å².